The fourth-order valence-electron chi connectivity index (χ4n) is 3.61. The molecule has 2 aliphatic rings. The number of rotatable bonds is 4. The van der Waals surface area contributed by atoms with Crippen LogP contribution in [0.1, 0.15) is 38.2 Å². The van der Waals surface area contributed by atoms with Crippen molar-refractivity contribution in [2.24, 2.45) is 7.05 Å². The Hall–Kier alpha value is -0.870. The van der Waals surface area contributed by atoms with E-state index in [-0.39, 0.29) is 0 Å². The lowest BCUT2D eigenvalue weighted by atomic mass is 9.98. The van der Waals surface area contributed by atoms with Crippen molar-refractivity contribution in [3.63, 3.8) is 0 Å². The molecule has 0 saturated carbocycles. The number of hydrogen-bond acceptors (Lipinski definition) is 3. The molecule has 18 heavy (non-hydrogen) atoms. The van der Waals surface area contributed by atoms with Crippen molar-refractivity contribution in [2.45, 2.75) is 57.3 Å². The maximum atomic E-state index is 4.27. The summed E-state index contributed by atoms with van der Waals surface area (Å²) in [6.07, 6.45) is 9.54. The maximum absolute atomic E-state index is 4.27. The van der Waals surface area contributed by atoms with E-state index in [9.17, 15) is 0 Å². The van der Waals surface area contributed by atoms with Crippen molar-refractivity contribution in [3.8, 4) is 0 Å². The molecule has 2 saturated heterocycles. The minimum Gasteiger partial charge on any atom is -0.311 e. The van der Waals surface area contributed by atoms with Crippen molar-refractivity contribution in [2.75, 3.05) is 6.54 Å². The molecule has 0 aromatic carbocycles. The molecular formula is C14H24N4. The Morgan fingerprint density at radius 3 is 2.67 bits per heavy atom. The summed E-state index contributed by atoms with van der Waals surface area (Å²) in [4.78, 5) is 2.63. The lowest BCUT2D eigenvalue weighted by Crippen LogP contribution is -2.47. The van der Waals surface area contributed by atoms with Gasteiger partial charge in [0.05, 0.1) is 6.20 Å². The number of nitrogens with one attached hydrogen (secondary N) is 1. The molecule has 2 atom stereocenters. The molecule has 0 aliphatic carbocycles. The largest absolute Gasteiger partial charge is 0.311 e. The number of nitrogens with zero attached hydrogens (tertiary/aromatic N) is 3. The number of piperidine rings is 1. The number of hydrogen-bond donors (Lipinski definition) is 1. The van der Waals surface area contributed by atoms with Gasteiger partial charge >= 0.3 is 0 Å². The molecule has 2 bridgehead atoms. The predicted molar refractivity (Wildman–Crippen MR) is 72.3 cm³/mol. The van der Waals surface area contributed by atoms with Crippen molar-refractivity contribution in [1.82, 2.24) is 20.0 Å². The third-order valence-electron chi connectivity index (χ3n) is 4.51. The van der Waals surface area contributed by atoms with Crippen LogP contribution in [0.15, 0.2) is 12.4 Å². The van der Waals surface area contributed by atoms with Crippen LogP contribution in [0.25, 0.3) is 0 Å². The molecule has 1 N–H and O–H groups in total. The highest BCUT2D eigenvalue weighted by Crippen LogP contribution is 2.30. The molecule has 0 amide bonds. The van der Waals surface area contributed by atoms with E-state index in [1.54, 1.807) is 0 Å². The lowest BCUT2D eigenvalue weighted by molar-refractivity contribution is 0.140. The van der Waals surface area contributed by atoms with Crippen molar-refractivity contribution < 1.29 is 0 Å². The Balaban J connectivity index is 1.65. The summed E-state index contributed by atoms with van der Waals surface area (Å²) in [5, 5.41) is 7.99. The molecule has 4 heteroatoms. The summed E-state index contributed by atoms with van der Waals surface area (Å²) < 4.78 is 1.90. The van der Waals surface area contributed by atoms with E-state index >= 15 is 0 Å². The van der Waals surface area contributed by atoms with Crippen LogP contribution in [0.3, 0.4) is 0 Å². The second-order valence-corrected chi connectivity index (χ2v) is 5.85. The number of aryl methyl sites for hydroxylation is 1. The third-order valence-corrected chi connectivity index (χ3v) is 4.51. The van der Waals surface area contributed by atoms with Crippen LogP contribution in [0.5, 0.6) is 0 Å². The quantitative estimate of drug-likeness (QED) is 0.877. The van der Waals surface area contributed by atoms with Gasteiger partial charge in [-0.3, -0.25) is 9.58 Å². The van der Waals surface area contributed by atoms with Crippen molar-refractivity contribution in [1.29, 1.82) is 0 Å². The van der Waals surface area contributed by atoms with Crippen molar-refractivity contribution in [3.05, 3.63) is 18.0 Å². The van der Waals surface area contributed by atoms with Gasteiger partial charge < -0.3 is 5.32 Å². The van der Waals surface area contributed by atoms with Crippen LogP contribution in [0, 0.1) is 0 Å². The van der Waals surface area contributed by atoms with Gasteiger partial charge in [0.15, 0.2) is 0 Å². The SMILES string of the molecule is CCN(Cc1cnn(C)c1)C1CC2CCC(C1)N2. The average Bonchev–Trinajstić information content (AvgIpc) is 2.92. The van der Waals surface area contributed by atoms with E-state index < -0.39 is 0 Å². The Morgan fingerprint density at radius 1 is 1.39 bits per heavy atom. The molecular weight excluding hydrogens is 224 g/mol. The minimum absolute atomic E-state index is 0.758. The van der Waals surface area contributed by atoms with Gasteiger partial charge in [0, 0.05) is 43.5 Å². The van der Waals surface area contributed by atoms with E-state index in [1.807, 2.05) is 17.9 Å². The molecule has 2 fully saturated rings. The van der Waals surface area contributed by atoms with Gasteiger partial charge in [-0.2, -0.15) is 5.10 Å². The molecule has 2 unspecified atom stereocenters. The monoisotopic (exact) mass is 248 g/mol. The van der Waals surface area contributed by atoms with Gasteiger partial charge in [0.1, 0.15) is 0 Å². The fraction of sp³-hybridized carbons (Fsp3) is 0.786. The zero-order chi connectivity index (χ0) is 12.5. The summed E-state index contributed by atoms with van der Waals surface area (Å²) in [5.41, 5.74) is 1.34. The first-order valence-electron chi connectivity index (χ1n) is 7.22. The first-order chi connectivity index (χ1) is 8.74. The van der Waals surface area contributed by atoms with Gasteiger partial charge in [-0.1, -0.05) is 6.92 Å². The van der Waals surface area contributed by atoms with Crippen LogP contribution in [-0.2, 0) is 13.6 Å². The molecule has 0 radical (unpaired) electrons. The van der Waals surface area contributed by atoms with Gasteiger partial charge in [0.25, 0.3) is 0 Å². The number of aromatic nitrogens is 2. The second kappa shape index (κ2) is 5.02. The smallest absolute Gasteiger partial charge is 0.0534 e. The van der Waals surface area contributed by atoms with Crippen molar-refractivity contribution >= 4 is 0 Å². The van der Waals surface area contributed by atoms with Gasteiger partial charge in [-0.05, 0) is 32.2 Å². The zero-order valence-electron chi connectivity index (χ0n) is 11.5. The molecule has 0 spiro atoms. The standard InChI is InChI=1S/C14H24N4/c1-3-18(10-11-8-15-17(2)9-11)14-6-12-4-5-13(7-14)16-12/h8-9,12-14,16H,3-7,10H2,1-2H3. The van der Waals surface area contributed by atoms with Crippen LogP contribution >= 0.6 is 0 Å². The van der Waals surface area contributed by atoms with Crippen LogP contribution in [0.4, 0.5) is 0 Å². The normalized spacial score (nSPS) is 31.2. The molecule has 1 aromatic rings. The Bertz CT molecular complexity index is 388. The number of fused-ring (bicyclic) bond motifs is 2. The zero-order valence-corrected chi connectivity index (χ0v) is 11.5. The summed E-state index contributed by atoms with van der Waals surface area (Å²) in [6, 6.07) is 2.31. The van der Waals surface area contributed by atoms with E-state index in [4.69, 9.17) is 0 Å². The van der Waals surface area contributed by atoms with Gasteiger partial charge in [-0.25, -0.2) is 0 Å². The highest BCUT2D eigenvalue weighted by Gasteiger charge is 2.35. The minimum atomic E-state index is 0.758. The van der Waals surface area contributed by atoms with E-state index in [0.717, 1.165) is 31.2 Å². The topological polar surface area (TPSA) is 33.1 Å². The first kappa shape index (κ1) is 12.2. The van der Waals surface area contributed by atoms with Gasteiger partial charge in [0.2, 0.25) is 0 Å². The Morgan fingerprint density at radius 2 is 2.11 bits per heavy atom. The third kappa shape index (κ3) is 2.45. The Labute approximate surface area is 109 Å². The first-order valence-corrected chi connectivity index (χ1v) is 7.22. The summed E-state index contributed by atoms with van der Waals surface area (Å²) in [5.74, 6) is 0. The lowest BCUT2D eigenvalue weighted by Gasteiger charge is -2.37. The summed E-state index contributed by atoms with van der Waals surface area (Å²) >= 11 is 0. The highest BCUT2D eigenvalue weighted by atomic mass is 15.2. The average molecular weight is 248 g/mol. The molecule has 4 nitrogen and oxygen atoms in total. The summed E-state index contributed by atoms with van der Waals surface area (Å²) in [7, 11) is 1.99. The van der Waals surface area contributed by atoms with Crippen LogP contribution < -0.4 is 5.32 Å². The Kier molecular flexibility index (Phi) is 3.39. The molecule has 2 aliphatic heterocycles. The molecule has 3 rings (SSSR count). The molecule has 100 valence electrons. The summed E-state index contributed by atoms with van der Waals surface area (Å²) in [6.45, 7) is 4.47. The highest BCUT2D eigenvalue weighted by molar-refractivity contribution is 5.05. The van der Waals surface area contributed by atoms with Crippen LogP contribution in [0.2, 0.25) is 0 Å². The maximum Gasteiger partial charge on any atom is 0.0534 e. The molecule has 3 heterocycles. The fourth-order valence-corrected chi connectivity index (χ4v) is 3.61. The predicted octanol–water partition coefficient (Wildman–Crippen LogP) is 1.52. The van der Waals surface area contributed by atoms with E-state index in [2.05, 4.69) is 28.4 Å². The van der Waals surface area contributed by atoms with Crippen LogP contribution in [-0.4, -0.2) is 39.4 Å². The van der Waals surface area contributed by atoms with E-state index in [0.29, 0.717) is 0 Å². The van der Waals surface area contributed by atoms with E-state index in [1.165, 1.54) is 31.2 Å². The second-order valence-electron chi connectivity index (χ2n) is 5.85. The van der Waals surface area contributed by atoms with Gasteiger partial charge in [-0.15, -0.1) is 0 Å². The molecule has 1 aromatic heterocycles.